The molecule has 0 N–H and O–H groups in total. The number of aromatic nitrogens is 2. The van der Waals surface area contributed by atoms with Crippen molar-refractivity contribution in [1.29, 1.82) is 5.26 Å². The summed E-state index contributed by atoms with van der Waals surface area (Å²) in [4.78, 5) is 2.19. The summed E-state index contributed by atoms with van der Waals surface area (Å²) in [5, 5.41) is 17.1. The monoisotopic (exact) mass is 244 g/mol. The van der Waals surface area contributed by atoms with Crippen molar-refractivity contribution in [3.8, 4) is 6.07 Å². The maximum absolute atomic E-state index is 9.09. The molecule has 1 aliphatic heterocycles. The number of nitriles is 1. The summed E-state index contributed by atoms with van der Waals surface area (Å²) in [6.07, 6.45) is 3.89. The van der Waals surface area contributed by atoms with Gasteiger partial charge in [0, 0.05) is 13.1 Å². The van der Waals surface area contributed by atoms with Crippen LogP contribution in [0.2, 0.25) is 0 Å². The van der Waals surface area contributed by atoms with Crippen LogP contribution in [0.5, 0.6) is 0 Å². The lowest BCUT2D eigenvalue weighted by Crippen LogP contribution is -2.38. The summed E-state index contributed by atoms with van der Waals surface area (Å²) in [5.41, 5.74) is 0.992. The molecule has 2 rings (SSSR count). The van der Waals surface area contributed by atoms with Gasteiger partial charge in [0.1, 0.15) is 6.07 Å². The molecule has 0 bridgehead atoms. The van der Waals surface area contributed by atoms with Crippen LogP contribution < -0.4 is 4.90 Å². The van der Waals surface area contributed by atoms with Gasteiger partial charge in [-0.05, 0) is 30.2 Å². The highest BCUT2D eigenvalue weighted by molar-refractivity contribution is 5.52. The number of hydrogen-bond acceptors (Lipinski definition) is 4. The lowest BCUT2D eigenvalue weighted by molar-refractivity contribution is 0.198. The molecule has 1 aromatic heterocycles. The van der Waals surface area contributed by atoms with Gasteiger partial charge in [0.25, 0.3) is 0 Å². The quantitative estimate of drug-likeness (QED) is 0.762. The summed E-state index contributed by atoms with van der Waals surface area (Å²) < 4.78 is 0. The van der Waals surface area contributed by atoms with Crippen molar-refractivity contribution in [2.45, 2.75) is 33.6 Å². The summed E-state index contributed by atoms with van der Waals surface area (Å²) in [6, 6.07) is 3.92. The van der Waals surface area contributed by atoms with Gasteiger partial charge in [-0.25, -0.2) is 0 Å². The molecule has 0 aromatic carbocycles. The second kappa shape index (κ2) is 4.93. The molecule has 4 heteroatoms. The van der Waals surface area contributed by atoms with Crippen molar-refractivity contribution < 1.29 is 0 Å². The molecule has 0 unspecified atom stereocenters. The number of nitrogens with zero attached hydrogens (tertiary/aromatic N) is 4. The average molecular weight is 244 g/mol. The fourth-order valence-electron chi connectivity index (χ4n) is 2.60. The molecule has 96 valence electrons. The molecule has 1 aromatic rings. The van der Waals surface area contributed by atoms with Gasteiger partial charge in [-0.15, -0.1) is 5.10 Å². The number of anilines is 1. The zero-order chi connectivity index (χ0) is 13.2. The first-order chi connectivity index (χ1) is 8.52. The van der Waals surface area contributed by atoms with Gasteiger partial charge in [0.15, 0.2) is 5.82 Å². The largest absolute Gasteiger partial charge is 0.354 e. The Morgan fingerprint density at radius 2 is 2.00 bits per heavy atom. The van der Waals surface area contributed by atoms with Crippen LogP contribution in [0, 0.1) is 22.7 Å². The molecule has 0 saturated carbocycles. The van der Waals surface area contributed by atoms with E-state index in [2.05, 4.69) is 41.9 Å². The molecule has 1 fully saturated rings. The smallest absolute Gasteiger partial charge is 0.169 e. The first-order valence-electron chi connectivity index (χ1n) is 6.49. The van der Waals surface area contributed by atoms with E-state index in [9.17, 15) is 0 Å². The Kier molecular flexibility index (Phi) is 3.51. The second-order valence-corrected chi connectivity index (χ2v) is 6.01. The highest BCUT2D eigenvalue weighted by atomic mass is 15.3. The van der Waals surface area contributed by atoms with E-state index >= 15 is 0 Å². The van der Waals surface area contributed by atoms with E-state index in [1.54, 1.807) is 12.3 Å². The van der Waals surface area contributed by atoms with Gasteiger partial charge in [-0.3, -0.25) is 0 Å². The molecule has 2 heterocycles. The number of rotatable bonds is 1. The Hall–Kier alpha value is -1.63. The first-order valence-corrected chi connectivity index (χ1v) is 6.49. The van der Waals surface area contributed by atoms with Gasteiger partial charge >= 0.3 is 0 Å². The van der Waals surface area contributed by atoms with Crippen LogP contribution in [0.4, 0.5) is 5.82 Å². The summed E-state index contributed by atoms with van der Waals surface area (Å²) in [7, 11) is 0. The van der Waals surface area contributed by atoms with Crippen molar-refractivity contribution in [3.05, 3.63) is 17.8 Å². The Labute approximate surface area is 109 Å². The summed E-state index contributed by atoms with van der Waals surface area (Å²) in [5.74, 6) is 1.49. The third-order valence-corrected chi connectivity index (χ3v) is 3.84. The Bertz CT molecular complexity index is 448. The minimum absolute atomic E-state index is 0.368. The van der Waals surface area contributed by atoms with Gasteiger partial charge in [0.2, 0.25) is 0 Å². The predicted molar refractivity (Wildman–Crippen MR) is 71.1 cm³/mol. The molecule has 4 nitrogen and oxygen atoms in total. The van der Waals surface area contributed by atoms with E-state index in [1.165, 1.54) is 0 Å². The predicted octanol–water partition coefficient (Wildman–Crippen LogP) is 2.61. The van der Waals surface area contributed by atoms with Crippen LogP contribution in [-0.2, 0) is 0 Å². The molecule has 18 heavy (non-hydrogen) atoms. The van der Waals surface area contributed by atoms with Gasteiger partial charge in [-0.1, -0.05) is 20.8 Å². The third-order valence-electron chi connectivity index (χ3n) is 3.84. The van der Waals surface area contributed by atoms with E-state index in [4.69, 9.17) is 5.26 Å². The lowest BCUT2D eigenvalue weighted by atomic mass is 9.75. The van der Waals surface area contributed by atoms with Crippen LogP contribution in [-0.4, -0.2) is 23.3 Å². The van der Waals surface area contributed by atoms with Crippen LogP contribution in [0.25, 0.3) is 0 Å². The van der Waals surface area contributed by atoms with E-state index in [0.717, 1.165) is 37.7 Å². The van der Waals surface area contributed by atoms with Crippen molar-refractivity contribution in [2.24, 2.45) is 11.3 Å². The van der Waals surface area contributed by atoms with Crippen molar-refractivity contribution in [1.82, 2.24) is 10.2 Å². The molecule has 0 spiro atoms. The first kappa shape index (κ1) is 12.8. The van der Waals surface area contributed by atoms with Gasteiger partial charge in [0.05, 0.1) is 11.8 Å². The van der Waals surface area contributed by atoms with Crippen LogP contribution >= 0.6 is 0 Å². The highest BCUT2D eigenvalue weighted by Gasteiger charge is 2.29. The minimum atomic E-state index is 0.368. The normalized spacial score (nSPS) is 17.6. The van der Waals surface area contributed by atoms with Gasteiger partial charge < -0.3 is 4.90 Å². The Balaban J connectivity index is 2.09. The molecule has 1 aliphatic rings. The molecule has 0 atom stereocenters. The topological polar surface area (TPSA) is 52.8 Å². The summed E-state index contributed by atoms with van der Waals surface area (Å²) >= 11 is 0. The molecule has 0 aliphatic carbocycles. The number of piperidine rings is 1. The molecular formula is C14H20N4. The van der Waals surface area contributed by atoms with Gasteiger partial charge in [-0.2, -0.15) is 10.4 Å². The minimum Gasteiger partial charge on any atom is -0.354 e. The standard InChI is InChI=1S/C14H20N4/c1-14(2,3)12-5-8-18(9-6-12)13-11(10-15)4-7-16-17-13/h4,7,12H,5-6,8-9H2,1-3H3. The zero-order valence-corrected chi connectivity index (χ0v) is 11.3. The fourth-order valence-corrected chi connectivity index (χ4v) is 2.60. The van der Waals surface area contributed by atoms with E-state index in [0.29, 0.717) is 11.0 Å². The van der Waals surface area contributed by atoms with E-state index < -0.39 is 0 Å². The third kappa shape index (κ3) is 2.61. The highest BCUT2D eigenvalue weighted by Crippen LogP contribution is 2.35. The molecular weight excluding hydrogens is 224 g/mol. The lowest BCUT2D eigenvalue weighted by Gasteiger charge is -2.39. The molecule has 0 radical (unpaired) electrons. The van der Waals surface area contributed by atoms with Crippen molar-refractivity contribution >= 4 is 5.82 Å². The van der Waals surface area contributed by atoms with Crippen LogP contribution in [0.1, 0.15) is 39.2 Å². The Morgan fingerprint density at radius 3 is 2.56 bits per heavy atom. The van der Waals surface area contributed by atoms with Crippen molar-refractivity contribution in [3.63, 3.8) is 0 Å². The van der Waals surface area contributed by atoms with E-state index in [1.807, 2.05) is 0 Å². The van der Waals surface area contributed by atoms with Crippen LogP contribution in [0.3, 0.4) is 0 Å². The second-order valence-electron chi connectivity index (χ2n) is 6.01. The number of hydrogen-bond donors (Lipinski definition) is 0. The maximum atomic E-state index is 9.09. The Morgan fingerprint density at radius 1 is 1.33 bits per heavy atom. The fraction of sp³-hybridized carbons (Fsp3) is 0.643. The SMILES string of the molecule is CC(C)(C)C1CCN(c2nnccc2C#N)CC1. The van der Waals surface area contributed by atoms with Crippen molar-refractivity contribution in [2.75, 3.05) is 18.0 Å². The molecule has 1 saturated heterocycles. The average Bonchev–Trinajstić information content (AvgIpc) is 2.38. The molecule has 0 amide bonds. The summed E-state index contributed by atoms with van der Waals surface area (Å²) in [6.45, 7) is 8.84. The maximum Gasteiger partial charge on any atom is 0.169 e. The van der Waals surface area contributed by atoms with Crippen LogP contribution in [0.15, 0.2) is 12.3 Å². The van der Waals surface area contributed by atoms with E-state index in [-0.39, 0.29) is 0 Å². The zero-order valence-electron chi connectivity index (χ0n) is 11.3.